The Hall–Kier alpha value is -2.92. The van der Waals surface area contributed by atoms with Gasteiger partial charge >= 0.3 is 0 Å². The van der Waals surface area contributed by atoms with Crippen molar-refractivity contribution in [2.45, 2.75) is 18.5 Å². The summed E-state index contributed by atoms with van der Waals surface area (Å²) in [5.41, 5.74) is 1.56. The van der Waals surface area contributed by atoms with Crippen molar-refractivity contribution in [2.75, 3.05) is 18.4 Å². The van der Waals surface area contributed by atoms with E-state index in [0.717, 1.165) is 11.3 Å². The van der Waals surface area contributed by atoms with Crippen LogP contribution in [0.1, 0.15) is 18.0 Å². The van der Waals surface area contributed by atoms with E-state index in [0.29, 0.717) is 19.5 Å². The van der Waals surface area contributed by atoms with Crippen LogP contribution in [0, 0.1) is 0 Å². The smallest absolute Gasteiger partial charge is 0.246 e. The first-order valence-corrected chi connectivity index (χ1v) is 8.75. The Balaban J connectivity index is 1.77. The van der Waals surface area contributed by atoms with Gasteiger partial charge in [0.05, 0.1) is 6.04 Å². The summed E-state index contributed by atoms with van der Waals surface area (Å²) in [5.74, 6) is -0.171. The van der Waals surface area contributed by atoms with Crippen LogP contribution in [0.25, 0.3) is 0 Å². The highest BCUT2D eigenvalue weighted by Crippen LogP contribution is 2.20. The van der Waals surface area contributed by atoms with Gasteiger partial charge in [0.2, 0.25) is 11.8 Å². The molecule has 0 bridgehead atoms. The van der Waals surface area contributed by atoms with Crippen LogP contribution >= 0.6 is 0 Å². The molecule has 2 N–H and O–H groups in total. The first-order chi connectivity index (χ1) is 12.7. The molecule has 0 aliphatic carbocycles. The molecule has 0 aromatic heterocycles. The minimum absolute atomic E-state index is 0.0124. The van der Waals surface area contributed by atoms with E-state index in [4.69, 9.17) is 0 Å². The van der Waals surface area contributed by atoms with E-state index in [-0.39, 0.29) is 17.9 Å². The number of nitrogens with one attached hydrogen (secondary N) is 2. The summed E-state index contributed by atoms with van der Waals surface area (Å²) >= 11 is 0. The van der Waals surface area contributed by atoms with E-state index in [9.17, 15) is 9.59 Å². The molecule has 5 heteroatoms. The second kappa shape index (κ2) is 8.45. The van der Waals surface area contributed by atoms with Crippen LogP contribution in [0.5, 0.6) is 0 Å². The van der Waals surface area contributed by atoms with Gasteiger partial charge in [-0.25, -0.2) is 0 Å². The maximum atomic E-state index is 12.9. The van der Waals surface area contributed by atoms with Gasteiger partial charge in [0.15, 0.2) is 0 Å². The van der Waals surface area contributed by atoms with Gasteiger partial charge in [-0.1, -0.05) is 54.6 Å². The van der Waals surface area contributed by atoms with Crippen molar-refractivity contribution in [1.82, 2.24) is 10.2 Å². The maximum absolute atomic E-state index is 12.9. The lowest BCUT2D eigenvalue weighted by Gasteiger charge is -2.22. The van der Waals surface area contributed by atoms with E-state index >= 15 is 0 Å². The molecular weight excluding hydrogens is 326 g/mol. The fraction of sp³-hybridized carbons (Fsp3) is 0.238. The Morgan fingerprint density at radius 3 is 2.46 bits per heavy atom. The number of likely N-dealkylation sites (tertiary alicyclic amines) is 1. The number of benzene rings is 2. The van der Waals surface area contributed by atoms with Crippen LogP contribution in [0.2, 0.25) is 0 Å². The van der Waals surface area contributed by atoms with Crippen LogP contribution in [0.3, 0.4) is 0 Å². The van der Waals surface area contributed by atoms with Crippen molar-refractivity contribution in [2.24, 2.45) is 0 Å². The molecule has 2 aromatic rings. The Bertz CT molecular complexity index is 761. The van der Waals surface area contributed by atoms with Gasteiger partial charge in [-0.05, 0) is 24.1 Å². The first kappa shape index (κ1) is 17.9. The maximum Gasteiger partial charge on any atom is 0.246 e. The highest BCUT2D eigenvalue weighted by atomic mass is 16.2. The lowest BCUT2D eigenvalue weighted by molar-refractivity contribution is -0.129. The normalized spacial score (nSPS) is 17.8. The summed E-state index contributed by atoms with van der Waals surface area (Å²) in [7, 11) is 0. The number of carbonyl (C=O) groups is 2. The molecule has 2 amide bonds. The molecule has 1 fully saturated rings. The molecule has 5 nitrogen and oxygen atoms in total. The molecule has 2 atom stereocenters. The zero-order valence-corrected chi connectivity index (χ0v) is 14.6. The third kappa shape index (κ3) is 4.18. The lowest BCUT2D eigenvalue weighted by Crippen LogP contribution is -2.44. The van der Waals surface area contributed by atoms with Gasteiger partial charge in [0.1, 0.15) is 6.04 Å². The number of nitrogens with zero attached hydrogens (tertiary/aromatic N) is 1. The molecule has 1 aliphatic heterocycles. The Kier molecular flexibility index (Phi) is 5.81. The summed E-state index contributed by atoms with van der Waals surface area (Å²) in [6.45, 7) is 4.89. The summed E-state index contributed by atoms with van der Waals surface area (Å²) in [5, 5.41) is 6.18. The first-order valence-electron chi connectivity index (χ1n) is 8.75. The van der Waals surface area contributed by atoms with Crippen LogP contribution in [0.15, 0.2) is 73.3 Å². The minimum atomic E-state index is -0.603. The molecule has 0 saturated carbocycles. The molecule has 3 rings (SSSR count). The Labute approximate surface area is 153 Å². The molecule has 2 unspecified atom stereocenters. The van der Waals surface area contributed by atoms with E-state index in [1.165, 1.54) is 0 Å². The molecule has 1 saturated heterocycles. The predicted octanol–water partition coefficient (Wildman–Crippen LogP) is 2.74. The molecule has 134 valence electrons. The van der Waals surface area contributed by atoms with Crippen LogP contribution in [-0.2, 0) is 9.59 Å². The molecule has 26 heavy (non-hydrogen) atoms. The van der Waals surface area contributed by atoms with Crippen molar-refractivity contribution in [3.05, 3.63) is 78.9 Å². The summed E-state index contributed by atoms with van der Waals surface area (Å²) in [4.78, 5) is 27.2. The fourth-order valence-electron chi connectivity index (χ4n) is 3.14. The van der Waals surface area contributed by atoms with Gasteiger partial charge in [0.25, 0.3) is 0 Å². The highest BCUT2D eigenvalue weighted by molar-refractivity contribution is 5.96. The molecule has 1 aliphatic rings. The summed E-state index contributed by atoms with van der Waals surface area (Å²) in [6.07, 6.45) is 2.39. The molecule has 0 radical (unpaired) electrons. The lowest BCUT2D eigenvalue weighted by atomic mass is 10.0. The van der Waals surface area contributed by atoms with E-state index in [1.807, 2.05) is 60.7 Å². The van der Waals surface area contributed by atoms with E-state index in [2.05, 4.69) is 17.2 Å². The van der Waals surface area contributed by atoms with Gasteiger partial charge in [-0.2, -0.15) is 0 Å². The SMILES string of the molecule is C=CCN1CCC(NC(C(=O)Nc2ccccc2)c2ccccc2)C1=O. The number of carbonyl (C=O) groups excluding carboxylic acids is 2. The number of rotatable bonds is 7. The van der Waals surface area contributed by atoms with Gasteiger partial charge in [0, 0.05) is 18.8 Å². The monoisotopic (exact) mass is 349 g/mol. The standard InChI is InChI=1S/C21H23N3O2/c1-2-14-24-15-13-18(21(24)26)23-19(16-9-5-3-6-10-16)20(25)22-17-11-7-4-8-12-17/h2-12,18-19,23H,1,13-15H2,(H,22,25). The molecular formula is C21H23N3O2. The minimum Gasteiger partial charge on any atom is -0.338 e. The van der Waals surface area contributed by atoms with Gasteiger partial charge < -0.3 is 10.2 Å². The van der Waals surface area contributed by atoms with Crippen molar-refractivity contribution in [1.29, 1.82) is 0 Å². The number of anilines is 1. The second-order valence-corrected chi connectivity index (χ2v) is 6.28. The zero-order chi connectivity index (χ0) is 18.4. The van der Waals surface area contributed by atoms with Crippen LogP contribution in [-0.4, -0.2) is 35.8 Å². The highest BCUT2D eigenvalue weighted by Gasteiger charge is 2.34. The zero-order valence-electron chi connectivity index (χ0n) is 14.6. The predicted molar refractivity (Wildman–Crippen MR) is 103 cm³/mol. The van der Waals surface area contributed by atoms with E-state index < -0.39 is 6.04 Å². The van der Waals surface area contributed by atoms with Crippen LogP contribution < -0.4 is 10.6 Å². The molecule has 0 spiro atoms. The fourth-order valence-corrected chi connectivity index (χ4v) is 3.14. The largest absolute Gasteiger partial charge is 0.338 e. The topological polar surface area (TPSA) is 61.4 Å². The molecule has 1 heterocycles. The van der Waals surface area contributed by atoms with Gasteiger partial charge in [-0.3, -0.25) is 14.9 Å². The average molecular weight is 349 g/mol. The number of hydrogen-bond acceptors (Lipinski definition) is 3. The van der Waals surface area contributed by atoms with E-state index in [1.54, 1.807) is 11.0 Å². The second-order valence-electron chi connectivity index (χ2n) is 6.28. The third-order valence-electron chi connectivity index (χ3n) is 4.45. The average Bonchev–Trinajstić information content (AvgIpc) is 3.01. The summed E-state index contributed by atoms with van der Waals surface area (Å²) in [6, 6.07) is 17.8. The Morgan fingerprint density at radius 2 is 1.81 bits per heavy atom. The van der Waals surface area contributed by atoms with Gasteiger partial charge in [-0.15, -0.1) is 6.58 Å². The van der Waals surface area contributed by atoms with Crippen molar-refractivity contribution in [3.8, 4) is 0 Å². The number of amides is 2. The quantitative estimate of drug-likeness (QED) is 0.756. The van der Waals surface area contributed by atoms with Crippen molar-refractivity contribution >= 4 is 17.5 Å². The third-order valence-corrected chi connectivity index (χ3v) is 4.45. The van der Waals surface area contributed by atoms with Crippen molar-refractivity contribution < 1.29 is 9.59 Å². The number of hydrogen-bond donors (Lipinski definition) is 2. The number of para-hydroxylation sites is 1. The van der Waals surface area contributed by atoms with Crippen molar-refractivity contribution in [3.63, 3.8) is 0 Å². The summed E-state index contributed by atoms with van der Waals surface area (Å²) < 4.78 is 0. The molecule has 2 aromatic carbocycles. The Morgan fingerprint density at radius 1 is 1.15 bits per heavy atom. The van der Waals surface area contributed by atoms with Crippen LogP contribution in [0.4, 0.5) is 5.69 Å².